The summed E-state index contributed by atoms with van der Waals surface area (Å²) in [5.41, 5.74) is 3.41. The van der Waals surface area contributed by atoms with Gasteiger partial charge >= 0.3 is 0 Å². The van der Waals surface area contributed by atoms with Crippen molar-refractivity contribution in [1.29, 1.82) is 0 Å². The third-order valence-corrected chi connectivity index (χ3v) is 6.10. The van der Waals surface area contributed by atoms with E-state index in [-0.39, 0.29) is 23.5 Å². The minimum absolute atomic E-state index is 0.0202. The normalized spacial score (nSPS) is 19.5. The second kappa shape index (κ2) is 7.34. The maximum absolute atomic E-state index is 12.4. The largest absolute Gasteiger partial charge is 0.384 e. The van der Waals surface area contributed by atoms with Crippen molar-refractivity contribution in [3.63, 3.8) is 0 Å². The van der Waals surface area contributed by atoms with Gasteiger partial charge in [-0.2, -0.15) is 0 Å². The van der Waals surface area contributed by atoms with Crippen LogP contribution in [0.4, 0.5) is 5.69 Å². The zero-order chi connectivity index (χ0) is 17.0. The van der Waals surface area contributed by atoms with Crippen molar-refractivity contribution in [1.82, 2.24) is 4.90 Å². The quantitative estimate of drug-likeness (QED) is 0.863. The van der Waals surface area contributed by atoms with Gasteiger partial charge < -0.3 is 10.2 Å². The van der Waals surface area contributed by atoms with E-state index in [4.69, 9.17) is 0 Å². The highest BCUT2D eigenvalue weighted by Crippen LogP contribution is 2.19. The fourth-order valence-electron chi connectivity index (χ4n) is 3.12. The highest BCUT2D eigenvalue weighted by molar-refractivity contribution is 7.91. The number of sulfone groups is 1. The molecule has 6 heteroatoms. The number of hydrogen-bond donors (Lipinski definition) is 1. The van der Waals surface area contributed by atoms with Gasteiger partial charge in [0.05, 0.1) is 11.5 Å². The van der Waals surface area contributed by atoms with Crippen LogP contribution in [0, 0.1) is 13.8 Å². The van der Waals surface area contributed by atoms with Crippen molar-refractivity contribution >= 4 is 21.4 Å². The maximum atomic E-state index is 12.4. The lowest BCUT2D eigenvalue weighted by atomic mass is 10.1. The lowest BCUT2D eigenvalue weighted by molar-refractivity contribution is -0.132. The van der Waals surface area contributed by atoms with Gasteiger partial charge in [0.25, 0.3) is 0 Å². The van der Waals surface area contributed by atoms with E-state index < -0.39 is 9.84 Å². The Labute approximate surface area is 139 Å². The van der Waals surface area contributed by atoms with Gasteiger partial charge in [-0.05, 0) is 38.8 Å². The molecule has 128 valence electrons. The number of hydrogen-bond acceptors (Lipinski definition) is 4. The minimum atomic E-state index is -2.97. The molecule has 5 nitrogen and oxygen atoms in total. The summed E-state index contributed by atoms with van der Waals surface area (Å²) in [6, 6.07) is 6.01. The van der Waals surface area contributed by atoms with Crippen molar-refractivity contribution in [3.05, 3.63) is 29.3 Å². The van der Waals surface area contributed by atoms with Crippen LogP contribution in [0.1, 0.15) is 30.9 Å². The van der Waals surface area contributed by atoms with E-state index in [9.17, 15) is 13.2 Å². The number of aryl methyl sites for hydroxylation is 2. The first kappa shape index (κ1) is 17.8. The van der Waals surface area contributed by atoms with Gasteiger partial charge in [0, 0.05) is 31.2 Å². The Morgan fingerprint density at radius 1 is 1.35 bits per heavy atom. The molecule has 2 rings (SSSR count). The van der Waals surface area contributed by atoms with Gasteiger partial charge in [0.2, 0.25) is 5.91 Å². The summed E-state index contributed by atoms with van der Waals surface area (Å²) in [5.74, 6) is 0.325. The van der Waals surface area contributed by atoms with Crippen LogP contribution in [0.5, 0.6) is 0 Å². The smallest absolute Gasteiger partial charge is 0.224 e. The molecule has 1 heterocycles. The average Bonchev–Trinajstić information content (AvgIpc) is 2.82. The molecule has 1 N–H and O–H groups in total. The van der Waals surface area contributed by atoms with E-state index in [0.29, 0.717) is 25.9 Å². The van der Waals surface area contributed by atoms with Gasteiger partial charge in [-0.15, -0.1) is 0 Å². The topological polar surface area (TPSA) is 66.5 Å². The molecule has 0 aromatic heterocycles. The second-order valence-corrected chi connectivity index (χ2v) is 8.46. The summed E-state index contributed by atoms with van der Waals surface area (Å²) in [6.07, 6.45) is 0.935. The molecule has 1 saturated heterocycles. The molecule has 1 atom stereocenters. The Morgan fingerprint density at radius 2 is 2.09 bits per heavy atom. The molecule has 1 aliphatic rings. The summed E-state index contributed by atoms with van der Waals surface area (Å²) in [7, 11) is -2.97. The van der Waals surface area contributed by atoms with Crippen molar-refractivity contribution in [2.24, 2.45) is 0 Å². The highest BCUT2D eigenvalue weighted by Gasteiger charge is 2.33. The summed E-state index contributed by atoms with van der Waals surface area (Å²) >= 11 is 0. The van der Waals surface area contributed by atoms with E-state index in [1.165, 1.54) is 5.56 Å². The van der Waals surface area contributed by atoms with Crippen LogP contribution in [0.15, 0.2) is 18.2 Å². The molecule has 0 saturated carbocycles. The first-order valence-corrected chi connectivity index (χ1v) is 9.95. The summed E-state index contributed by atoms with van der Waals surface area (Å²) in [6.45, 7) is 7.11. The second-order valence-electron chi connectivity index (χ2n) is 6.23. The van der Waals surface area contributed by atoms with Gasteiger partial charge in [-0.3, -0.25) is 4.79 Å². The molecule has 1 aliphatic heterocycles. The van der Waals surface area contributed by atoms with E-state index in [0.717, 1.165) is 11.3 Å². The summed E-state index contributed by atoms with van der Waals surface area (Å²) in [4.78, 5) is 14.1. The highest BCUT2D eigenvalue weighted by atomic mass is 32.2. The predicted octanol–water partition coefficient (Wildman–Crippen LogP) is 2.14. The fraction of sp³-hybridized carbons (Fsp3) is 0.588. The first-order chi connectivity index (χ1) is 10.8. The van der Waals surface area contributed by atoms with Crippen LogP contribution >= 0.6 is 0 Å². The Morgan fingerprint density at radius 3 is 2.65 bits per heavy atom. The van der Waals surface area contributed by atoms with E-state index >= 15 is 0 Å². The minimum Gasteiger partial charge on any atom is -0.384 e. The molecular weight excluding hydrogens is 312 g/mol. The lowest BCUT2D eigenvalue weighted by Gasteiger charge is -2.27. The molecular formula is C17H26N2O3S. The van der Waals surface area contributed by atoms with Gasteiger partial charge in [-0.25, -0.2) is 8.42 Å². The average molecular weight is 338 g/mol. The SMILES string of the molecule is CCN(C(=O)CCNc1ccc(C)cc1C)C1CCS(=O)(=O)C1. The first-order valence-electron chi connectivity index (χ1n) is 8.13. The maximum Gasteiger partial charge on any atom is 0.224 e. The van der Waals surface area contributed by atoms with E-state index in [1.807, 2.05) is 26.0 Å². The number of amides is 1. The Balaban J connectivity index is 1.88. The van der Waals surface area contributed by atoms with Crippen LogP contribution in [-0.4, -0.2) is 49.9 Å². The number of carbonyl (C=O) groups is 1. The van der Waals surface area contributed by atoms with Crippen LogP contribution < -0.4 is 5.32 Å². The number of nitrogens with zero attached hydrogens (tertiary/aromatic N) is 1. The van der Waals surface area contributed by atoms with Crippen LogP contribution in [0.3, 0.4) is 0 Å². The number of carbonyl (C=O) groups excluding carboxylic acids is 1. The van der Waals surface area contributed by atoms with Gasteiger partial charge in [0.1, 0.15) is 0 Å². The summed E-state index contributed by atoms with van der Waals surface area (Å²) in [5, 5.41) is 3.29. The Bertz CT molecular complexity index is 670. The summed E-state index contributed by atoms with van der Waals surface area (Å²) < 4.78 is 23.2. The Hall–Kier alpha value is -1.56. The van der Waals surface area contributed by atoms with Gasteiger partial charge in [-0.1, -0.05) is 17.7 Å². The molecule has 0 aliphatic carbocycles. The Kier molecular flexibility index (Phi) is 5.68. The van der Waals surface area contributed by atoms with Crippen molar-refractivity contribution in [2.75, 3.05) is 29.9 Å². The van der Waals surface area contributed by atoms with Crippen molar-refractivity contribution in [2.45, 2.75) is 39.7 Å². The van der Waals surface area contributed by atoms with E-state index in [2.05, 4.69) is 18.3 Å². The zero-order valence-corrected chi connectivity index (χ0v) is 14.9. The van der Waals surface area contributed by atoms with Crippen molar-refractivity contribution < 1.29 is 13.2 Å². The van der Waals surface area contributed by atoms with Crippen molar-refractivity contribution in [3.8, 4) is 0 Å². The third-order valence-electron chi connectivity index (χ3n) is 4.35. The van der Waals surface area contributed by atoms with E-state index in [1.54, 1.807) is 4.90 Å². The van der Waals surface area contributed by atoms with Crippen LogP contribution in [0.2, 0.25) is 0 Å². The monoisotopic (exact) mass is 338 g/mol. The van der Waals surface area contributed by atoms with Crippen LogP contribution in [0.25, 0.3) is 0 Å². The number of rotatable bonds is 6. The fourth-order valence-corrected chi connectivity index (χ4v) is 4.85. The molecule has 1 unspecified atom stereocenters. The third kappa shape index (κ3) is 4.70. The molecule has 0 spiro atoms. The molecule has 0 radical (unpaired) electrons. The lowest BCUT2D eigenvalue weighted by Crippen LogP contribution is -2.41. The predicted molar refractivity (Wildman–Crippen MR) is 93.5 cm³/mol. The standard InChI is InChI=1S/C17H26N2O3S/c1-4-19(15-8-10-23(21,22)12-15)17(20)7-9-18-16-6-5-13(2)11-14(16)3/h5-6,11,15,18H,4,7-10,12H2,1-3H3. The zero-order valence-electron chi connectivity index (χ0n) is 14.1. The molecule has 23 heavy (non-hydrogen) atoms. The van der Waals surface area contributed by atoms with Crippen LogP contribution in [-0.2, 0) is 14.6 Å². The van der Waals surface area contributed by atoms with Gasteiger partial charge in [0.15, 0.2) is 9.84 Å². The molecule has 1 aromatic carbocycles. The molecule has 0 bridgehead atoms. The molecule has 1 fully saturated rings. The molecule has 1 amide bonds. The molecule has 1 aromatic rings. The number of anilines is 1. The number of benzene rings is 1. The number of nitrogens with one attached hydrogen (secondary N) is 1.